The molecule has 0 unspecified atom stereocenters. The van der Waals surface area contributed by atoms with Gasteiger partial charge in [0.1, 0.15) is 0 Å². The summed E-state index contributed by atoms with van der Waals surface area (Å²) in [5.41, 5.74) is 1.03. The molecule has 0 aliphatic heterocycles. The van der Waals surface area contributed by atoms with Crippen molar-refractivity contribution in [3.8, 4) is 0 Å². The SMILES string of the molecule is CCC[Si](CCC)OC(=O)Cc1ccccc1. The van der Waals surface area contributed by atoms with E-state index >= 15 is 0 Å². The Morgan fingerprint density at radius 1 is 1.12 bits per heavy atom. The van der Waals surface area contributed by atoms with Gasteiger partial charge >= 0.3 is 0 Å². The van der Waals surface area contributed by atoms with E-state index in [2.05, 4.69) is 13.8 Å². The normalized spacial score (nSPS) is 10.5. The zero-order chi connectivity index (χ0) is 12.5. The van der Waals surface area contributed by atoms with Crippen LogP contribution in [0, 0.1) is 0 Å². The first-order valence-electron chi connectivity index (χ1n) is 6.35. The molecule has 0 aromatic heterocycles. The Morgan fingerprint density at radius 3 is 2.24 bits per heavy atom. The molecule has 0 N–H and O–H groups in total. The molecule has 0 aliphatic rings. The van der Waals surface area contributed by atoms with Crippen molar-refractivity contribution in [2.45, 2.75) is 45.2 Å². The van der Waals surface area contributed by atoms with Gasteiger partial charge in [0.15, 0.2) is 0 Å². The Balaban J connectivity index is 2.42. The molecule has 17 heavy (non-hydrogen) atoms. The molecule has 0 amide bonds. The van der Waals surface area contributed by atoms with E-state index in [0.29, 0.717) is 6.42 Å². The summed E-state index contributed by atoms with van der Waals surface area (Å²) in [6.07, 6.45) is 2.61. The van der Waals surface area contributed by atoms with E-state index in [1.807, 2.05) is 30.3 Å². The van der Waals surface area contributed by atoms with Crippen LogP contribution in [0.15, 0.2) is 30.3 Å². The Hall–Kier alpha value is -1.09. The van der Waals surface area contributed by atoms with Crippen LogP contribution in [-0.4, -0.2) is 15.0 Å². The van der Waals surface area contributed by atoms with Crippen LogP contribution in [0.25, 0.3) is 0 Å². The first-order chi connectivity index (χ1) is 8.26. The van der Waals surface area contributed by atoms with Crippen molar-refractivity contribution < 1.29 is 9.22 Å². The topological polar surface area (TPSA) is 26.3 Å². The Kier molecular flexibility index (Phi) is 6.63. The molecular weight excluding hydrogens is 228 g/mol. The maximum Gasteiger partial charge on any atom is 0.296 e. The Bertz CT molecular complexity index is 318. The number of hydrogen-bond acceptors (Lipinski definition) is 2. The minimum Gasteiger partial charge on any atom is -0.517 e. The van der Waals surface area contributed by atoms with Crippen LogP contribution in [0.4, 0.5) is 0 Å². The van der Waals surface area contributed by atoms with Gasteiger partial charge < -0.3 is 4.43 Å². The predicted molar refractivity (Wildman–Crippen MR) is 72.2 cm³/mol. The smallest absolute Gasteiger partial charge is 0.296 e. The number of carbonyl (C=O) groups is 1. The summed E-state index contributed by atoms with van der Waals surface area (Å²) in [4.78, 5) is 11.8. The van der Waals surface area contributed by atoms with Crippen LogP contribution in [0.2, 0.25) is 12.1 Å². The van der Waals surface area contributed by atoms with Crippen molar-refractivity contribution in [2.75, 3.05) is 0 Å². The Morgan fingerprint density at radius 2 is 1.71 bits per heavy atom. The van der Waals surface area contributed by atoms with E-state index in [4.69, 9.17) is 4.43 Å². The zero-order valence-corrected chi connectivity index (χ0v) is 11.7. The molecule has 0 aliphatic carbocycles. The van der Waals surface area contributed by atoms with Gasteiger partial charge in [-0.15, -0.1) is 0 Å². The molecule has 1 radical (unpaired) electrons. The lowest BCUT2D eigenvalue weighted by Gasteiger charge is -2.13. The average Bonchev–Trinajstić information content (AvgIpc) is 2.30. The molecule has 2 nitrogen and oxygen atoms in total. The number of benzene rings is 1. The lowest BCUT2D eigenvalue weighted by Crippen LogP contribution is -2.23. The van der Waals surface area contributed by atoms with Gasteiger partial charge in [0.25, 0.3) is 15.0 Å². The number of rotatable bonds is 7. The quantitative estimate of drug-likeness (QED) is 0.690. The summed E-state index contributed by atoms with van der Waals surface area (Å²) >= 11 is 0. The van der Waals surface area contributed by atoms with Gasteiger partial charge in [-0.3, -0.25) is 4.79 Å². The second kappa shape index (κ2) is 8.07. The van der Waals surface area contributed by atoms with Crippen LogP contribution in [-0.2, 0) is 15.6 Å². The van der Waals surface area contributed by atoms with Crippen LogP contribution < -0.4 is 0 Å². The standard InChI is InChI=1S/C14H21O2Si/c1-3-10-17(11-4-2)16-14(15)12-13-8-6-5-7-9-13/h5-9H,3-4,10-12H2,1-2H3. The van der Waals surface area contributed by atoms with Gasteiger partial charge in [0.2, 0.25) is 0 Å². The summed E-state index contributed by atoms with van der Waals surface area (Å²) in [5, 5.41) is 0. The molecule has 1 aromatic rings. The predicted octanol–water partition coefficient (Wildman–Crippen LogP) is 3.58. The van der Waals surface area contributed by atoms with Gasteiger partial charge in [0.05, 0.1) is 6.42 Å². The van der Waals surface area contributed by atoms with E-state index in [1.165, 1.54) is 0 Å². The van der Waals surface area contributed by atoms with E-state index < -0.39 is 9.04 Å². The van der Waals surface area contributed by atoms with E-state index in [9.17, 15) is 4.79 Å². The highest BCUT2D eigenvalue weighted by molar-refractivity contribution is 6.53. The van der Waals surface area contributed by atoms with Gasteiger partial charge in [-0.1, -0.05) is 57.0 Å². The minimum absolute atomic E-state index is 0.0630. The second-order valence-corrected chi connectivity index (χ2v) is 6.46. The van der Waals surface area contributed by atoms with Gasteiger partial charge in [-0.25, -0.2) is 0 Å². The lowest BCUT2D eigenvalue weighted by atomic mass is 10.2. The van der Waals surface area contributed by atoms with Crippen molar-refractivity contribution in [1.82, 2.24) is 0 Å². The number of carbonyl (C=O) groups excluding carboxylic acids is 1. The monoisotopic (exact) mass is 249 g/mol. The van der Waals surface area contributed by atoms with E-state index in [0.717, 1.165) is 30.5 Å². The fourth-order valence-corrected chi connectivity index (χ4v) is 3.71. The second-order valence-electron chi connectivity index (χ2n) is 4.18. The molecule has 0 atom stereocenters. The number of hydrogen-bond donors (Lipinski definition) is 0. The zero-order valence-electron chi connectivity index (χ0n) is 10.7. The lowest BCUT2D eigenvalue weighted by molar-refractivity contribution is -0.134. The van der Waals surface area contributed by atoms with Crippen LogP contribution >= 0.6 is 0 Å². The molecule has 93 valence electrons. The molecule has 0 saturated carbocycles. The molecule has 0 bridgehead atoms. The van der Waals surface area contributed by atoms with Gasteiger partial charge in [0, 0.05) is 0 Å². The van der Waals surface area contributed by atoms with Crippen molar-refractivity contribution in [3.05, 3.63) is 35.9 Å². The highest BCUT2D eigenvalue weighted by Gasteiger charge is 2.16. The molecule has 1 rings (SSSR count). The minimum atomic E-state index is -0.914. The summed E-state index contributed by atoms with van der Waals surface area (Å²) in [6.45, 7) is 4.29. The highest BCUT2D eigenvalue weighted by atomic mass is 28.3. The Labute approximate surface area is 106 Å². The molecule has 0 spiro atoms. The highest BCUT2D eigenvalue weighted by Crippen LogP contribution is 2.09. The molecule has 0 fully saturated rings. The van der Waals surface area contributed by atoms with Crippen molar-refractivity contribution in [1.29, 1.82) is 0 Å². The fourth-order valence-electron chi connectivity index (χ4n) is 1.74. The van der Waals surface area contributed by atoms with E-state index in [-0.39, 0.29) is 5.97 Å². The molecule has 3 heteroatoms. The molecule has 1 aromatic carbocycles. The maximum absolute atomic E-state index is 11.8. The maximum atomic E-state index is 11.8. The van der Waals surface area contributed by atoms with Gasteiger partial charge in [-0.2, -0.15) is 0 Å². The first-order valence-corrected chi connectivity index (χ1v) is 8.17. The molecular formula is C14H21O2Si. The summed E-state index contributed by atoms with van der Waals surface area (Å²) < 4.78 is 5.60. The van der Waals surface area contributed by atoms with Crippen LogP contribution in [0.1, 0.15) is 32.3 Å². The third-order valence-corrected chi connectivity index (χ3v) is 5.14. The summed E-state index contributed by atoms with van der Waals surface area (Å²) in [6, 6.07) is 11.9. The largest absolute Gasteiger partial charge is 0.517 e. The third-order valence-electron chi connectivity index (χ3n) is 2.51. The third kappa shape index (κ3) is 5.68. The summed E-state index contributed by atoms with van der Waals surface area (Å²) in [7, 11) is -0.914. The van der Waals surface area contributed by atoms with Gasteiger partial charge in [-0.05, 0) is 17.7 Å². The molecule has 0 saturated heterocycles. The summed E-state index contributed by atoms with van der Waals surface area (Å²) in [5.74, 6) is -0.0630. The fraction of sp³-hybridized carbons (Fsp3) is 0.500. The molecule has 0 heterocycles. The van der Waals surface area contributed by atoms with Crippen LogP contribution in [0.3, 0.4) is 0 Å². The van der Waals surface area contributed by atoms with E-state index in [1.54, 1.807) is 0 Å². The van der Waals surface area contributed by atoms with Crippen molar-refractivity contribution in [3.63, 3.8) is 0 Å². The average molecular weight is 249 g/mol. The van der Waals surface area contributed by atoms with Crippen LogP contribution in [0.5, 0.6) is 0 Å². The van der Waals surface area contributed by atoms with Crippen molar-refractivity contribution >= 4 is 15.0 Å². The first kappa shape index (κ1) is 14.0. The van der Waals surface area contributed by atoms with Crippen molar-refractivity contribution in [2.24, 2.45) is 0 Å².